The molecule has 0 bridgehead atoms. The molecule has 0 aliphatic rings. The zero-order valence-electron chi connectivity index (χ0n) is 18.0. The van der Waals surface area contributed by atoms with Gasteiger partial charge in [-0.2, -0.15) is 5.10 Å². The number of carbonyl (C=O) groups excluding carboxylic acids is 1. The van der Waals surface area contributed by atoms with E-state index in [4.69, 9.17) is 0 Å². The van der Waals surface area contributed by atoms with Crippen molar-refractivity contribution in [3.63, 3.8) is 0 Å². The number of amides is 1. The quantitative estimate of drug-likeness (QED) is 0.543. The van der Waals surface area contributed by atoms with E-state index in [2.05, 4.69) is 19.9 Å². The van der Waals surface area contributed by atoms with E-state index in [0.29, 0.717) is 30.8 Å². The van der Waals surface area contributed by atoms with Crippen molar-refractivity contribution in [2.24, 2.45) is 5.41 Å². The van der Waals surface area contributed by atoms with Gasteiger partial charge in [0.2, 0.25) is 0 Å². The lowest BCUT2D eigenvalue weighted by Gasteiger charge is -2.29. The standard InChI is InChI=1S/C22H24F3N5O2/c1-21(2,3)15-29(13-10-16-8-11-26-12-9-16)20(31)30-27-14-19(28-30)17-4-6-18(7-5-17)32-22(23,24)25/h4-9,11-12,14H,10,13,15H2,1-3H3. The fraction of sp³-hybridized carbons (Fsp3) is 0.364. The van der Waals surface area contributed by atoms with Gasteiger partial charge in [-0.1, -0.05) is 25.6 Å². The molecule has 3 rings (SSSR count). The van der Waals surface area contributed by atoms with Gasteiger partial charge >= 0.3 is 12.4 Å². The summed E-state index contributed by atoms with van der Waals surface area (Å²) in [4.78, 5) is 19.8. The van der Waals surface area contributed by atoms with Crippen molar-refractivity contribution in [2.45, 2.75) is 33.6 Å². The molecule has 1 amide bonds. The van der Waals surface area contributed by atoms with Gasteiger partial charge < -0.3 is 9.64 Å². The van der Waals surface area contributed by atoms with Crippen LogP contribution in [0.5, 0.6) is 5.75 Å². The summed E-state index contributed by atoms with van der Waals surface area (Å²) in [5.41, 5.74) is 1.79. The van der Waals surface area contributed by atoms with Gasteiger partial charge in [-0.15, -0.1) is 18.3 Å². The lowest BCUT2D eigenvalue weighted by Crippen LogP contribution is -2.42. The minimum atomic E-state index is -4.76. The second-order valence-electron chi connectivity index (χ2n) is 8.46. The Morgan fingerprint density at radius 3 is 2.31 bits per heavy atom. The maximum absolute atomic E-state index is 13.1. The van der Waals surface area contributed by atoms with Gasteiger partial charge in [0.15, 0.2) is 0 Å². The molecule has 0 N–H and O–H groups in total. The van der Waals surface area contributed by atoms with Crippen molar-refractivity contribution in [2.75, 3.05) is 13.1 Å². The molecule has 0 atom stereocenters. The third-order valence-corrected chi connectivity index (χ3v) is 4.40. The topological polar surface area (TPSA) is 73.1 Å². The van der Waals surface area contributed by atoms with E-state index in [1.54, 1.807) is 17.3 Å². The zero-order valence-corrected chi connectivity index (χ0v) is 18.0. The summed E-state index contributed by atoms with van der Waals surface area (Å²) in [6.07, 6.45) is 0.702. The Kier molecular flexibility index (Phi) is 6.81. The highest BCUT2D eigenvalue weighted by Crippen LogP contribution is 2.25. The number of hydrogen-bond acceptors (Lipinski definition) is 5. The van der Waals surface area contributed by atoms with Crippen molar-refractivity contribution >= 4 is 6.03 Å². The monoisotopic (exact) mass is 447 g/mol. The Labute approximate surface area is 183 Å². The molecule has 0 spiro atoms. The predicted octanol–water partition coefficient (Wildman–Crippen LogP) is 4.80. The van der Waals surface area contributed by atoms with Gasteiger partial charge in [-0.25, -0.2) is 4.79 Å². The average molecular weight is 447 g/mol. The molecule has 0 unspecified atom stereocenters. The number of hydrogen-bond donors (Lipinski definition) is 0. The van der Waals surface area contributed by atoms with E-state index in [1.807, 2.05) is 32.9 Å². The fourth-order valence-electron chi connectivity index (χ4n) is 3.07. The number of benzene rings is 1. The smallest absolute Gasteiger partial charge is 0.406 e. The predicted molar refractivity (Wildman–Crippen MR) is 112 cm³/mol. The number of alkyl halides is 3. The molecule has 1 aromatic carbocycles. The molecule has 3 aromatic rings. The Hall–Kier alpha value is -3.43. The van der Waals surface area contributed by atoms with Crippen LogP contribution in [0.3, 0.4) is 0 Å². The van der Waals surface area contributed by atoms with Crippen LogP contribution in [0.25, 0.3) is 11.3 Å². The van der Waals surface area contributed by atoms with Crippen molar-refractivity contribution in [1.82, 2.24) is 24.9 Å². The van der Waals surface area contributed by atoms with Gasteiger partial charge in [-0.3, -0.25) is 4.98 Å². The maximum Gasteiger partial charge on any atom is 0.573 e. The summed E-state index contributed by atoms with van der Waals surface area (Å²) in [7, 11) is 0. The number of nitrogens with zero attached hydrogens (tertiary/aromatic N) is 5. The Bertz CT molecular complexity index is 1030. The SMILES string of the molecule is CC(C)(C)CN(CCc1ccncc1)C(=O)n1ncc(-c2ccc(OC(F)(F)F)cc2)n1. The number of aromatic nitrogens is 4. The van der Waals surface area contributed by atoms with E-state index < -0.39 is 6.36 Å². The van der Waals surface area contributed by atoms with E-state index in [-0.39, 0.29) is 17.2 Å². The highest BCUT2D eigenvalue weighted by Gasteiger charge is 2.31. The van der Waals surface area contributed by atoms with Crippen LogP contribution in [0.4, 0.5) is 18.0 Å². The summed E-state index contributed by atoms with van der Waals surface area (Å²) < 4.78 is 40.9. The van der Waals surface area contributed by atoms with Crippen LogP contribution in [-0.4, -0.2) is 50.4 Å². The highest BCUT2D eigenvalue weighted by atomic mass is 19.4. The van der Waals surface area contributed by atoms with Crippen LogP contribution in [0, 0.1) is 5.41 Å². The Balaban J connectivity index is 1.74. The van der Waals surface area contributed by atoms with Gasteiger partial charge in [0.05, 0.1) is 6.20 Å². The van der Waals surface area contributed by atoms with Crippen LogP contribution in [0.15, 0.2) is 55.0 Å². The molecule has 2 heterocycles. The lowest BCUT2D eigenvalue weighted by atomic mass is 9.96. The molecule has 0 saturated carbocycles. The summed E-state index contributed by atoms with van der Waals surface area (Å²) >= 11 is 0. The number of carbonyl (C=O) groups is 1. The second kappa shape index (κ2) is 9.37. The minimum absolute atomic E-state index is 0.141. The number of halogens is 3. The van der Waals surface area contributed by atoms with Crippen LogP contribution in [0.1, 0.15) is 26.3 Å². The number of ether oxygens (including phenoxy) is 1. The maximum atomic E-state index is 13.1. The molecular weight excluding hydrogens is 423 g/mol. The Morgan fingerprint density at radius 2 is 1.72 bits per heavy atom. The minimum Gasteiger partial charge on any atom is -0.406 e. The van der Waals surface area contributed by atoms with E-state index >= 15 is 0 Å². The zero-order chi connectivity index (χ0) is 23.4. The highest BCUT2D eigenvalue weighted by molar-refractivity contribution is 5.75. The largest absolute Gasteiger partial charge is 0.573 e. The molecule has 0 saturated heterocycles. The van der Waals surface area contributed by atoms with Crippen molar-refractivity contribution in [1.29, 1.82) is 0 Å². The van der Waals surface area contributed by atoms with Crippen LogP contribution < -0.4 is 4.74 Å². The van der Waals surface area contributed by atoms with Gasteiger partial charge in [0.1, 0.15) is 11.4 Å². The van der Waals surface area contributed by atoms with E-state index in [0.717, 1.165) is 10.4 Å². The van der Waals surface area contributed by atoms with Gasteiger partial charge in [0, 0.05) is 31.0 Å². The third-order valence-electron chi connectivity index (χ3n) is 4.40. The number of pyridine rings is 1. The fourth-order valence-corrected chi connectivity index (χ4v) is 3.07. The van der Waals surface area contributed by atoms with Gasteiger partial charge in [0.25, 0.3) is 0 Å². The molecule has 0 radical (unpaired) electrons. The molecule has 7 nitrogen and oxygen atoms in total. The second-order valence-corrected chi connectivity index (χ2v) is 8.46. The first-order valence-electron chi connectivity index (χ1n) is 9.97. The Morgan fingerprint density at radius 1 is 1.06 bits per heavy atom. The molecule has 170 valence electrons. The normalized spacial score (nSPS) is 11.9. The van der Waals surface area contributed by atoms with Crippen LogP contribution in [0.2, 0.25) is 0 Å². The van der Waals surface area contributed by atoms with Crippen LogP contribution >= 0.6 is 0 Å². The first-order chi connectivity index (χ1) is 15.0. The van der Waals surface area contributed by atoms with Crippen LogP contribution in [-0.2, 0) is 6.42 Å². The summed E-state index contributed by atoms with van der Waals surface area (Å²) in [6.45, 7) is 7.07. The molecule has 0 aliphatic carbocycles. The first-order valence-corrected chi connectivity index (χ1v) is 9.97. The van der Waals surface area contributed by atoms with Crippen molar-refractivity contribution in [3.8, 4) is 17.0 Å². The molecule has 10 heteroatoms. The molecule has 0 fully saturated rings. The number of rotatable bonds is 6. The van der Waals surface area contributed by atoms with Crippen molar-refractivity contribution < 1.29 is 22.7 Å². The molecule has 2 aromatic heterocycles. The average Bonchev–Trinajstić information content (AvgIpc) is 3.20. The third kappa shape index (κ3) is 6.79. The molecular formula is C22H24F3N5O2. The molecule has 0 aliphatic heterocycles. The summed E-state index contributed by atoms with van der Waals surface area (Å²) in [6, 6.07) is 8.64. The van der Waals surface area contributed by atoms with Gasteiger partial charge in [-0.05, 0) is 53.8 Å². The summed E-state index contributed by atoms with van der Waals surface area (Å²) in [5.74, 6) is -0.336. The van der Waals surface area contributed by atoms with E-state index in [1.165, 1.54) is 30.5 Å². The van der Waals surface area contributed by atoms with E-state index in [9.17, 15) is 18.0 Å². The first kappa shape index (κ1) is 23.2. The molecule has 32 heavy (non-hydrogen) atoms. The summed E-state index contributed by atoms with van der Waals surface area (Å²) in [5, 5.41) is 8.31. The van der Waals surface area contributed by atoms with Crippen molar-refractivity contribution in [3.05, 3.63) is 60.6 Å². The lowest BCUT2D eigenvalue weighted by molar-refractivity contribution is -0.274.